The summed E-state index contributed by atoms with van der Waals surface area (Å²) in [5, 5.41) is 3.16. The highest BCUT2D eigenvalue weighted by Crippen LogP contribution is 2.22. The second-order valence-electron chi connectivity index (χ2n) is 3.93. The fraction of sp³-hybridized carbons (Fsp3) is 0.154. The maximum absolute atomic E-state index is 11.3. The highest BCUT2D eigenvalue weighted by atomic mass is 35.5. The molecular weight excluding hydrogens is 280 g/mol. The minimum Gasteiger partial charge on any atom is -0.491 e. The van der Waals surface area contributed by atoms with Crippen molar-refractivity contribution >= 4 is 23.3 Å². The number of ether oxygens (including phenoxy) is 1. The summed E-state index contributed by atoms with van der Waals surface area (Å²) in [7, 11) is 1.51. The van der Waals surface area contributed by atoms with Gasteiger partial charge in [-0.2, -0.15) is 4.98 Å². The Morgan fingerprint density at radius 1 is 1.45 bits per heavy atom. The number of hydrogen-bond donors (Lipinski definition) is 2. The van der Waals surface area contributed by atoms with E-state index in [4.69, 9.17) is 22.1 Å². The molecule has 0 bridgehead atoms. The van der Waals surface area contributed by atoms with Gasteiger partial charge >= 0.3 is 0 Å². The largest absolute Gasteiger partial charge is 0.491 e. The van der Waals surface area contributed by atoms with Gasteiger partial charge in [0.2, 0.25) is 11.2 Å². The van der Waals surface area contributed by atoms with E-state index in [1.807, 2.05) is 12.1 Å². The number of halogens is 1. The number of carbonyl (C=O) groups excluding carboxylic acids is 1. The van der Waals surface area contributed by atoms with E-state index < -0.39 is 5.91 Å². The Hall–Kier alpha value is -2.34. The summed E-state index contributed by atoms with van der Waals surface area (Å²) in [6.07, 6.45) is 1.47. The topological polar surface area (TPSA) is 90.1 Å². The number of nitrogens with two attached hydrogens (primary N) is 1. The number of nitrogens with zero attached hydrogens (tertiary/aromatic N) is 2. The molecule has 1 amide bonds. The number of primary amides is 1. The van der Waals surface area contributed by atoms with E-state index in [0.29, 0.717) is 23.7 Å². The zero-order valence-corrected chi connectivity index (χ0v) is 11.5. The molecule has 2 rings (SSSR count). The van der Waals surface area contributed by atoms with Gasteiger partial charge < -0.3 is 15.8 Å². The van der Waals surface area contributed by atoms with Crippen molar-refractivity contribution in [2.75, 3.05) is 12.4 Å². The van der Waals surface area contributed by atoms with Crippen LogP contribution in [-0.2, 0) is 6.54 Å². The van der Waals surface area contributed by atoms with E-state index in [-0.39, 0.29) is 5.28 Å². The van der Waals surface area contributed by atoms with Gasteiger partial charge in [0, 0.05) is 12.1 Å². The van der Waals surface area contributed by atoms with Crippen LogP contribution in [0, 0.1) is 0 Å². The summed E-state index contributed by atoms with van der Waals surface area (Å²) in [4.78, 5) is 19.2. The van der Waals surface area contributed by atoms with Gasteiger partial charge in [-0.15, -0.1) is 0 Å². The molecule has 0 aliphatic heterocycles. The molecule has 0 saturated carbocycles. The van der Waals surface area contributed by atoms with Crippen LogP contribution in [0.2, 0.25) is 5.28 Å². The van der Waals surface area contributed by atoms with Crippen molar-refractivity contribution in [3.05, 3.63) is 46.9 Å². The molecule has 0 aliphatic carbocycles. The van der Waals surface area contributed by atoms with Gasteiger partial charge in [0.1, 0.15) is 0 Å². The first-order valence-corrected chi connectivity index (χ1v) is 6.17. The van der Waals surface area contributed by atoms with Crippen molar-refractivity contribution in [3.8, 4) is 5.75 Å². The number of hydrogen-bond acceptors (Lipinski definition) is 5. The summed E-state index contributed by atoms with van der Waals surface area (Å²) in [5.74, 6) is 0.438. The van der Waals surface area contributed by atoms with Crippen molar-refractivity contribution in [2.24, 2.45) is 5.73 Å². The van der Waals surface area contributed by atoms with Crippen molar-refractivity contribution in [1.29, 1.82) is 0 Å². The molecule has 0 unspecified atom stereocenters. The van der Waals surface area contributed by atoms with Crippen molar-refractivity contribution in [3.63, 3.8) is 0 Å². The van der Waals surface area contributed by atoms with Gasteiger partial charge in [-0.3, -0.25) is 4.79 Å². The molecule has 0 fully saturated rings. The van der Waals surface area contributed by atoms with E-state index in [2.05, 4.69) is 15.3 Å². The van der Waals surface area contributed by atoms with Crippen LogP contribution in [0.5, 0.6) is 5.75 Å². The van der Waals surface area contributed by atoms with Crippen LogP contribution in [0.25, 0.3) is 0 Å². The third kappa shape index (κ3) is 3.16. The Kier molecular flexibility index (Phi) is 4.37. The molecule has 0 radical (unpaired) electrons. The highest BCUT2D eigenvalue weighted by Gasteiger charge is 2.10. The lowest BCUT2D eigenvalue weighted by Gasteiger charge is -2.11. The summed E-state index contributed by atoms with van der Waals surface area (Å²) in [6.45, 7) is 0.364. The van der Waals surface area contributed by atoms with Gasteiger partial charge in [-0.1, -0.05) is 18.2 Å². The minimum absolute atomic E-state index is 0.108. The molecule has 104 valence electrons. The molecule has 6 nitrogen and oxygen atoms in total. The third-order valence-corrected chi connectivity index (χ3v) is 2.86. The Morgan fingerprint density at radius 2 is 2.20 bits per heavy atom. The molecule has 7 heteroatoms. The number of benzene rings is 1. The maximum atomic E-state index is 11.3. The van der Waals surface area contributed by atoms with Crippen LogP contribution >= 0.6 is 11.6 Å². The van der Waals surface area contributed by atoms with Gasteiger partial charge in [0.05, 0.1) is 13.3 Å². The molecular formula is C13H13ClN4O2. The molecule has 0 saturated heterocycles. The Labute approximate surface area is 120 Å². The molecule has 0 atom stereocenters. The zero-order valence-electron chi connectivity index (χ0n) is 10.8. The van der Waals surface area contributed by atoms with Crippen LogP contribution < -0.4 is 15.8 Å². The van der Waals surface area contributed by atoms with E-state index in [1.165, 1.54) is 13.3 Å². The van der Waals surface area contributed by atoms with Crippen LogP contribution in [0.3, 0.4) is 0 Å². The number of rotatable bonds is 5. The highest BCUT2D eigenvalue weighted by molar-refractivity contribution is 6.28. The quantitative estimate of drug-likeness (QED) is 0.821. The molecule has 3 N–H and O–H groups in total. The minimum atomic E-state index is -0.477. The number of amides is 1. The van der Waals surface area contributed by atoms with Crippen molar-refractivity contribution in [2.45, 2.75) is 6.54 Å². The smallest absolute Gasteiger partial charge is 0.249 e. The maximum Gasteiger partial charge on any atom is 0.249 e. The average molecular weight is 293 g/mol. The van der Waals surface area contributed by atoms with Crippen LogP contribution in [0.4, 0.5) is 5.82 Å². The second kappa shape index (κ2) is 6.21. The lowest BCUT2D eigenvalue weighted by atomic mass is 10.1. The van der Waals surface area contributed by atoms with Gasteiger partial charge in [0.25, 0.3) is 0 Å². The first-order chi connectivity index (χ1) is 9.61. The molecule has 0 spiro atoms. The lowest BCUT2D eigenvalue weighted by Crippen LogP contribution is -2.15. The van der Waals surface area contributed by atoms with E-state index >= 15 is 0 Å². The second-order valence-corrected chi connectivity index (χ2v) is 4.27. The Morgan fingerprint density at radius 3 is 2.90 bits per heavy atom. The summed E-state index contributed by atoms with van der Waals surface area (Å²) in [6, 6.07) is 7.06. The van der Waals surface area contributed by atoms with Crippen LogP contribution in [0.1, 0.15) is 15.9 Å². The lowest BCUT2D eigenvalue weighted by molar-refractivity contribution is 0.0999. The SMILES string of the molecule is COc1cnc(Cl)nc1NCc1ccccc1C(N)=O. The predicted molar refractivity (Wildman–Crippen MR) is 75.9 cm³/mol. The third-order valence-electron chi connectivity index (χ3n) is 2.67. The van der Waals surface area contributed by atoms with Crippen molar-refractivity contribution < 1.29 is 9.53 Å². The predicted octanol–water partition coefficient (Wildman–Crippen LogP) is 1.85. The van der Waals surface area contributed by atoms with E-state index in [1.54, 1.807) is 12.1 Å². The number of anilines is 1. The van der Waals surface area contributed by atoms with E-state index in [9.17, 15) is 4.79 Å². The Bertz CT molecular complexity index is 634. The average Bonchev–Trinajstić information content (AvgIpc) is 2.45. The molecule has 1 aromatic carbocycles. The van der Waals surface area contributed by atoms with Gasteiger partial charge in [-0.05, 0) is 23.2 Å². The van der Waals surface area contributed by atoms with Gasteiger partial charge in [-0.25, -0.2) is 4.98 Å². The molecule has 2 aromatic rings. The summed E-state index contributed by atoms with van der Waals surface area (Å²) >= 11 is 5.75. The summed E-state index contributed by atoms with van der Waals surface area (Å²) in [5.41, 5.74) is 6.54. The normalized spacial score (nSPS) is 10.1. The molecule has 1 aromatic heterocycles. The number of carbonyl (C=O) groups is 1. The number of aromatic nitrogens is 2. The van der Waals surface area contributed by atoms with Crippen LogP contribution in [-0.4, -0.2) is 23.0 Å². The van der Waals surface area contributed by atoms with E-state index in [0.717, 1.165) is 5.56 Å². The summed E-state index contributed by atoms with van der Waals surface area (Å²) < 4.78 is 5.13. The van der Waals surface area contributed by atoms with Crippen molar-refractivity contribution in [1.82, 2.24) is 9.97 Å². The Balaban J connectivity index is 2.21. The monoisotopic (exact) mass is 292 g/mol. The first-order valence-electron chi connectivity index (χ1n) is 5.80. The zero-order chi connectivity index (χ0) is 14.5. The fourth-order valence-corrected chi connectivity index (χ4v) is 1.85. The fourth-order valence-electron chi connectivity index (χ4n) is 1.72. The molecule has 0 aliphatic rings. The standard InChI is InChI=1S/C13H13ClN4O2/c1-20-10-7-17-13(14)18-12(10)16-6-8-4-2-3-5-9(8)11(15)19/h2-5,7H,6H2,1H3,(H2,15,19)(H,16,17,18). The number of methoxy groups -OCH3 is 1. The molecule has 20 heavy (non-hydrogen) atoms. The van der Waals surface area contributed by atoms with Gasteiger partial charge in [0.15, 0.2) is 11.6 Å². The molecule has 1 heterocycles. The van der Waals surface area contributed by atoms with Crippen LogP contribution in [0.15, 0.2) is 30.5 Å². The first kappa shape index (κ1) is 14.1. The number of nitrogens with one attached hydrogen (secondary N) is 1.